The van der Waals surface area contributed by atoms with Gasteiger partial charge >= 0.3 is 0 Å². The van der Waals surface area contributed by atoms with Gasteiger partial charge < -0.3 is 9.64 Å². The van der Waals surface area contributed by atoms with Crippen molar-refractivity contribution in [3.63, 3.8) is 0 Å². The first kappa shape index (κ1) is 20.1. The minimum Gasteiger partial charge on any atom is -0.494 e. The lowest BCUT2D eigenvalue weighted by Crippen LogP contribution is -2.29. The van der Waals surface area contributed by atoms with Crippen LogP contribution in [0.25, 0.3) is 5.69 Å². The summed E-state index contributed by atoms with van der Waals surface area (Å²) < 4.78 is 8.38. The molecule has 0 aliphatic heterocycles. The molecule has 1 aromatic heterocycles. The summed E-state index contributed by atoms with van der Waals surface area (Å²) in [7, 11) is 1.84. The number of carbonyl (C=O) groups is 1. The van der Waals surface area contributed by atoms with Crippen LogP contribution >= 0.6 is 15.9 Å². The number of carbonyl (C=O) groups excluding carboxylic acids is 1. The average molecular weight is 443 g/mol. The standard InChI is InChI=1S/C21H23BrN4O2/c1-16(17-8-10-19(11-9-17)26-15-23-14-24-26)25(2)21(27)7-4-12-28-20-6-3-5-18(22)13-20/h3,5-6,8-11,13-16H,4,7,12H2,1-2H3. The van der Waals surface area contributed by atoms with Gasteiger partial charge in [0.15, 0.2) is 0 Å². The minimum absolute atomic E-state index is 0.0108. The molecular formula is C21H23BrN4O2. The normalized spacial score (nSPS) is 11.8. The SMILES string of the molecule is CC(c1ccc(-n2cncn2)cc1)N(C)C(=O)CCCOc1cccc(Br)c1. The van der Waals surface area contributed by atoms with Gasteiger partial charge in [0.2, 0.25) is 5.91 Å². The summed E-state index contributed by atoms with van der Waals surface area (Å²) in [5.74, 6) is 0.904. The Morgan fingerprint density at radius 3 is 2.71 bits per heavy atom. The maximum Gasteiger partial charge on any atom is 0.222 e. The maximum atomic E-state index is 12.5. The quantitative estimate of drug-likeness (QED) is 0.484. The fourth-order valence-corrected chi connectivity index (χ4v) is 3.21. The van der Waals surface area contributed by atoms with Crippen LogP contribution in [-0.4, -0.2) is 39.2 Å². The Bertz CT molecular complexity index is 897. The fraction of sp³-hybridized carbons (Fsp3) is 0.286. The van der Waals surface area contributed by atoms with Crippen LogP contribution in [-0.2, 0) is 4.79 Å². The Kier molecular flexibility index (Phi) is 6.81. The molecule has 0 N–H and O–H groups in total. The van der Waals surface area contributed by atoms with Crippen LogP contribution in [0.4, 0.5) is 0 Å². The Balaban J connectivity index is 1.48. The molecule has 3 rings (SSSR count). The van der Waals surface area contributed by atoms with E-state index in [0.717, 1.165) is 21.5 Å². The Labute approximate surface area is 173 Å². The second kappa shape index (κ2) is 9.50. The molecule has 0 spiro atoms. The Morgan fingerprint density at radius 2 is 2.04 bits per heavy atom. The van der Waals surface area contributed by atoms with Gasteiger partial charge in [-0.1, -0.05) is 34.1 Å². The van der Waals surface area contributed by atoms with Crippen LogP contribution in [0.2, 0.25) is 0 Å². The second-order valence-corrected chi connectivity index (χ2v) is 7.44. The third-order valence-corrected chi connectivity index (χ3v) is 5.13. The van der Waals surface area contributed by atoms with Gasteiger partial charge in [0.1, 0.15) is 18.4 Å². The van der Waals surface area contributed by atoms with Crippen molar-refractivity contribution in [3.8, 4) is 11.4 Å². The molecule has 0 saturated heterocycles. The van der Waals surface area contributed by atoms with Crippen molar-refractivity contribution in [2.75, 3.05) is 13.7 Å². The lowest BCUT2D eigenvalue weighted by Gasteiger charge is -2.25. The molecule has 1 atom stereocenters. The number of halogens is 1. The zero-order valence-corrected chi connectivity index (χ0v) is 17.5. The van der Waals surface area contributed by atoms with Crippen LogP contribution in [0.15, 0.2) is 65.7 Å². The number of aromatic nitrogens is 3. The lowest BCUT2D eigenvalue weighted by atomic mass is 10.1. The molecule has 1 amide bonds. The number of benzene rings is 2. The molecule has 0 saturated carbocycles. The first-order valence-corrected chi connectivity index (χ1v) is 9.93. The van der Waals surface area contributed by atoms with E-state index in [2.05, 4.69) is 26.0 Å². The number of rotatable bonds is 8. The zero-order chi connectivity index (χ0) is 19.9. The van der Waals surface area contributed by atoms with Gasteiger partial charge in [-0.15, -0.1) is 0 Å². The van der Waals surface area contributed by atoms with Gasteiger partial charge in [-0.05, 0) is 49.2 Å². The van der Waals surface area contributed by atoms with Crippen molar-refractivity contribution in [2.24, 2.45) is 0 Å². The summed E-state index contributed by atoms with van der Waals surface area (Å²) in [4.78, 5) is 18.3. The Hall–Kier alpha value is -2.67. The molecule has 0 bridgehead atoms. The van der Waals surface area contributed by atoms with Crippen LogP contribution in [0.1, 0.15) is 31.4 Å². The average Bonchev–Trinajstić information content (AvgIpc) is 3.25. The first-order chi connectivity index (χ1) is 13.5. The van der Waals surface area contributed by atoms with Crippen molar-refractivity contribution >= 4 is 21.8 Å². The molecule has 1 heterocycles. The summed E-state index contributed by atoms with van der Waals surface area (Å²) in [6.45, 7) is 2.54. The van der Waals surface area contributed by atoms with Gasteiger partial charge in [-0.3, -0.25) is 4.79 Å². The van der Waals surface area contributed by atoms with Crippen molar-refractivity contribution in [1.82, 2.24) is 19.7 Å². The number of hydrogen-bond acceptors (Lipinski definition) is 4. The molecule has 0 fully saturated rings. The van der Waals surface area contributed by atoms with Gasteiger partial charge in [0, 0.05) is 17.9 Å². The topological polar surface area (TPSA) is 60.2 Å². The van der Waals surface area contributed by atoms with E-state index >= 15 is 0 Å². The van der Waals surface area contributed by atoms with Crippen molar-refractivity contribution in [3.05, 3.63) is 71.2 Å². The fourth-order valence-electron chi connectivity index (χ4n) is 2.83. The van der Waals surface area contributed by atoms with Gasteiger partial charge in [0.25, 0.3) is 0 Å². The van der Waals surface area contributed by atoms with E-state index in [9.17, 15) is 4.79 Å². The van der Waals surface area contributed by atoms with Crippen LogP contribution in [0.3, 0.4) is 0 Å². The summed E-state index contributed by atoms with van der Waals surface area (Å²) in [6.07, 6.45) is 4.28. The van der Waals surface area contributed by atoms with E-state index < -0.39 is 0 Å². The molecule has 0 aliphatic rings. The summed E-state index contributed by atoms with van der Waals surface area (Å²) in [5.41, 5.74) is 2.01. The largest absolute Gasteiger partial charge is 0.494 e. The predicted octanol–water partition coefficient (Wildman–Crippen LogP) is 4.41. The third kappa shape index (κ3) is 5.19. The van der Waals surface area contributed by atoms with Crippen LogP contribution < -0.4 is 4.74 Å². The summed E-state index contributed by atoms with van der Waals surface area (Å²) in [6, 6.07) is 15.7. The maximum absolute atomic E-state index is 12.5. The van der Waals surface area contributed by atoms with E-state index in [4.69, 9.17) is 4.74 Å². The first-order valence-electron chi connectivity index (χ1n) is 9.13. The van der Waals surface area contributed by atoms with Crippen molar-refractivity contribution in [2.45, 2.75) is 25.8 Å². The zero-order valence-electron chi connectivity index (χ0n) is 16.0. The van der Waals surface area contributed by atoms with E-state index in [1.165, 1.54) is 6.33 Å². The summed E-state index contributed by atoms with van der Waals surface area (Å²) in [5, 5.41) is 4.12. The van der Waals surface area contributed by atoms with Gasteiger partial charge in [0.05, 0.1) is 18.3 Å². The highest BCUT2D eigenvalue weighted by Crippen LogP contribution is 2.22. The predicted molar refractivity (Wildman–Crippen MR) is 111 cm³/mol. The molecule has 7 heteroatoms. The summed E-state index contributed by atoms with van der Waals surface area (Å²) >= 11 is 3.42. The molecule has 3 aromatic rings. The van der Waals surface area contributed by atoms with E-state index in [1.54, 1.807) is 15.9 Å². The Morgan fingerprint density at radius 1 is 1.25 bits per heavy atom. The number of hydrogen-bond donors (Lipinski definition) is 0. The highest BCUT2D eigenvalue weighted by Gasteiger charge is 2.17. The molecule has 0 radical (unpaired) electrons. The minimum atomic E-state index is -0.0108. The van der Waals surface area contributed by atoms with Crippen molar-refractivity contribution < 1.29 is 9.53 Å². The third-order valence-electron chi connectivity index (χ3n) is 4.63. The van der Waals surface area contributed by atoms with Gasteiger partial charge in [-0.2, -0.15) is 5.10 Å². The molecule has 28 heavy (non-hydrogen) atoms. The number of amides is 1. The highest BCUT2D eigenvalue weighted by atomic mass is 79.9. The molecule has 6 nitrogen and oxygen atoms in total. The van der Waals surface area contributed by atoms with Crippen molar-refractivity contribution in [1.29, 1.82) is 0 Å². The molecule has 0 aliphatic carbocycles. The smallest absolute Gasteiger partial charge is 0.222 e. The molecular weight excluding hydrogens is 420 g/mol. The van der Waals surface area contributed by atoms with E-state index in [0.29, 0.717) is 19.4 Å². The molecule has 1 unspecified atom stereocenters. The molecule has 2 aromatic carbocycles. The lowest BCUT2D eigenvalue weighted by molar-refractivity contribution is -0.132. The van der Waals surface area contributed by atoms with E-state index in [-0.39, 0.29) is 11.9 Å². The number of nitrogens with zero attached hydrogens (tertiary/aromatic N) is 4. The molecule has 146 valence electrons. The van der Waals surface area contributed by atoms with Crippen LogP contribution in [0.5, 0.6) is 5.75 Å². The van der Waals surface area contributed by atoms with Crippen LogP contribution in [0, 0.1) is 0 Å². The van der Waals surface area contributed by atoms with Gasteiger partial charge in [-0.25, -0.2) is 9.67 Å². The van der Waals surface area contributed by atoms with E-state index in [1.807, 2.05) is 62.5 Å². The highest BCUT2D eigenvalue weighted by molar-refractivity contribution is 9.10. The number of ether oxygens (including phenoxy) is 1. The second-order valence-electron chi connectivity index (χ2n) is 6.52. The monoisotopic (exact) mass is 442 g/mol.